The van der Waals surface area contributed by atoms with Crippen molar-refractivity contribution in [3.63, 3.8) is 0 Å². The van der Waals surface area contributed by atoms with Gasteiger partial charge in [-0.3, -0.25) is 0 Å². The molecule has 8 nitrogen and oxygen atoms in total. The molecular weight excluding hydrogens is 459 g/mol. The van der Waals surface area contributed by atoms with E-state index in [0.29, 0.717) is 29.2 Å². The van der Waals surface area contributed by atoms with Crippen LogP contribution >= 0.6 is 0 Å². The molecular formula is C24H25FN4O4S. The highest BCUT2D eigenvalue weighted by Crippen LogP contribution is 2.36. The van der Waals surface area contributed by atoms with Crippen molar-refractivity contribution >= 4 is 32.8 Å². The van der Waals surface area contributed by atoms with Crippen LogP contribution in [0.2, 0.25) is 0 Å². The first-order chi connectivity index (χ1) is 16.3. The SMILES string of the molecule is CCOC(=O)NS(C)(=O)=Cc1cccc(Nc2ncc(F)c(-c3cccc4c3OCCC4)n2)c1. The maximum Gasteiger partial charge on any atom is 0.418 e. The van der Waals surface area contributed by atoms with Crippen molar-refractivity contribution in [3.8, 4) is 17.0 Å². The fourth-order valence-corrected chi connectivity index (χ4v) is 4.74. The van der Waals surface area contributed by atoms with Crippen LogP contribution in [-0.2, 0) is 20.9 Å². The predicted molar refractivity (Wildman–Crippen MR) is 130 cm³/mol. The minimum absolute atomic E-state index is 0.147. The number of para-hydroxylation sites is 1. The van der Waals surface area contributed by atoms with Gasteiger partial charge in [-0.2, -0.15) is 0 Å². The fraction of sp³-hybridized carbons (Fsp3) is 0.250. The zero-order valence-corrected chi connectivity index (χ0v) is 19.7. The lowest BCUT2D eigenvalue weighted by molar-refractivity contribution is 0.159. The van der Waals surface area contributed by atoms with E-state index in [9.17, 15) is 13.4 Å². The Hall–Kier alpha value is -3.66. The van der Waals surface area contributed by atoms with Crippen molar-refractivity contribution in [2.45, 2.75) is 19.8 Å². The lowest BCUT2D eigenvalue weighted by atomic mass is 10.0. The van der Waals surface area contributed by atoms with Crippen LogP contribution in [0, 0.1) is 5.82 Å². The number of carbonyl (C=O) groups is 1. The zero-order chi connectivity index (χ0) is 24.1. The highest BCUT2D eigenvalue weighted by Gasteiger charge is 2.19. The normalized spacial score (nSPS) is 14.2. The molecule has 0 spiro atoms. The molecule has 1 aliphatic rings. The van der Waals surface area contributed by atoms with E-state index in [1.165, 1.54) is 11.6 Å². The van der Waals surface area contributed by atoms with E-state index in [1.54, 1.807) is 37.3 Å². The average molecular weight is 485 g/mol. The van der Waals surface area contributed by atoms with Gasteiger partial charge in [-0.25, -0.2) is 28.1 Å². The second-order valence-electron chi connectivity index (χ2n) is 7.73. The van der Waals surface area contributed by atoms with Crippen LogP contribution in [0.25, 0.3) is 11.3 Å². The van der Waals surface area contributed by atoms with Crippen molar-refractivity contribution in [1.29, 1.82) is 0 Å². The van der Waals surface area contributed by atoms with E-state index in [2.05, 4.69) is 20.0 Å². The number of halogens is 1. The Bertz CT molecular complexity index is 1340. The van der Waals surface area contributed by atoms with Crippen molar-refractivity contribution in [1.82, 2.24) is 14.7 Å². The molecule has 0 saturated heterocycles. The van der Waals surface area contributed by atoms with Crippen LogP contribution in [0.15, 0.2) is 48.7 Å². The molecule has 2 N–H and O–H groups in total. The van der Waals surface area contributed by atoms with Crippen LogP contribution in [0.5, 0.6) is 5.75 Å². The molecule has 1 atom stereocenters. The van der Waals surface area contributed by atoms with Gasteiger partial charge in [0.05, 0.1) is 29.1 Å². The number of aryl methyl sites for hydroxylation is 1. The Morgan fingerprint density at radius 1 is 1.29 bits per heavy atom. The van der Waals surface area contributed by atoms with Crippen LogP contribution in [0.1, 0.15) is 24.5 Å². The van der Waals surface area contributed by atoms with Crippen molar-refractivity contribution < 1.29 is 22.9 Å². The highest BCUT2D eigenvalue weighted by atomic mass is 32.2. The highest BCUT2D eigenvalue weighted by molar-refractivity contribution is 7.99. The molecule has 34 heavy (non-hydrogen) atoms. The largest absolute Gasteiger partial charge is 0.493 e. The topological polar surface area (TPSA) is 102 Å². The van der Waals surface area contributed by atoms with E-state index < -0.39 is 21.6 Å². The Balaban J connectivity index is 1.60. The quantitative estimate of drug-likeness (QED) is 0.508. The van der Waals surface area contributed by atoms with Crippen LogP contribution in [0.4, 0.5) is 20.8 Å². The Labute approximate surface area is 197 Å². The minimum atomic E-state index is -2.82. The third-order valence-electron chi connectivity index (χ3n) is 5.00. The van der Waals surface area contributed by atoms with E-state index >= 15 is 0 Å². The smallest absolute Gasteiger partial charge is 0.418 e. The number of nitrogens with zero attached hydrogens (tertiary/aromatic N) is 2. The Morgan fingerprint density at radius 3 is 2.94 bits per heavy atom. The molecule has 2 heterocycles. The first-order valence-electron chi connectivity index (χ1n) is 10.8. The molecule has 178 valence electrons. The molecule has 3 aromatic rings. The second kappa shape index (κ2) is 10.1. The standard InChI is InChI=1S/C24H25FN4O4S/c1-3-32-24(30)29-34(2,31)15-16-7-4-10-18(13-16)27-23-26-14-20(25)21(28-23)19-11-5-8-17-9-6-12-33-22(17)19/h4-5,7-8,10-11,13-15H,3,6,9,12H2,1-2H3,(H,26,27,28)(H,29,30,31). The third-order valence-corrected chi connectivity index (χ3v) is 6.29. The van der Waals surface area contributed by atoms with Gasteiger partial charge in [0.15, 0.2) is 5.82 Å². The van der Waals surface area contributed by atoms with Crippen LogP contribution in [0.3, 0.4) is 0 Å². The predicted octanol–water partition coefficient (Wildman–Crippen LogP) is 4.08. The summed E-state index contributed by atoms with van der Waals surface area (Å²) in [5.41, 5.74) is 2.96. The molecule has 0 saturated carbocycles. The summed E-state index contributed by atoms with van der Waals surface area (Å²) < 4.78 is 40.3. The summed E-state index contributed by atoms with van der Waals surface area (Å²) in [6.45, 7) is 2.42. The van der Waals surface area contributed by atoms with E-state index in [4.69, 9.17) is 9.47 Å². The maximum absolute atomic E-state index is 14.7. The number of carbonyl (C=O) groups excluding carboxylic acids is 1. The van der Waals surface area contributed by atoms with Gasteiger partial charge in [-0.15, -0.1) is 0 Å². The first-order valence-corrected chi connectivity index (χ1v) is 12.8. The Kier molecular flexibility index (Phi) is 6.97. The molecule has 4 rings (SSSR count). The number of hydrogen-bond donors (Lipinski definition) is 2. The molecule has 0 fully saturated rings. The summed E-state index contributed by atoms with van der Waals surface area (Å²) in [6.07, 6.45) is 3.56. The first kappa shape index (κ1) is 23.5. The van der Waals surface area contributed by atoms with Gasteiger partial charge in [0.1, 0.15) is 11.4 Å². The van der Waals surface area contributed by atoms with Crippen LogP contribution < -0.4 is 14.8 Å². The van der Waals surface area contributed by atoms with Crippen molar-refractivity contribution in [3.05, 3.63) is 65.6 Å². The van der Waals surface area contributed by atoms with E-state index in [1.807, 2.05) is 12.1 Å². The summed E-state index contributed by atoms with van der Waals surface area (Å²) in [7, 11) is -2.82. The van der Waals surface area contributed by atoms with Gasteiger partial charge in [0, 0.05) is 22.9 Å². The Morgan fingerprint density at radius 2 is 2.12 bits per heavy atom. The van der Waals surface area contributed by atoms with Crippen LogP contribution in [-0.4, -0.2) is 45.1 Å². The monoisotopic (exact) mass is 484 g/mol. The summed E-state index contributed by atoms with van der Waals surface area (Å²) in [6, 6.07) is 12.6. The van der Waals surface area contributed by atoms with Gasteiger partial charge in [0.2, 0.25) is 5.95 Å². The number of ether oxygens (including phenoxy) is 2. The number of rotatable bonds is 6. The van der Waals surface area contributed by atoms with Gasteiger partial charge in [-0.05, 0) is 49.1 Å². The molecule has 1 aromatic heterocycles. The number of benzene rings is 2. The van der Waals surface area contributed by atoms with Gasteiger partial charge < -0.3 is 14.8 Å². The summed E-state index contributed by atoms with van der Waals surface area (Å²) in [5, 5.41) is 4.50. The lowest BCUT2D eigenvalue weighted by Gasteiger charge is -2.20. The fourth-order valence-electron chi connectivity index (χ4n) is 3.63. The second-order valence-corrected chi connectivity index (χ2v) is 9.98. The molecule has 0 radical (unpaired) electrons. The zero-order valence-electron chi connectivity index (χ0n) is 18.8. The number of hydrogen-bond acceptors (Lipinski definition) is 7. The van der Waals surface area contributed by atoms with E-state index in [-0.39, 0.29) is 18.2 Å². The molecule has 1 unspecified atom stereocenters. The molecule has 2 aromatic carbocycles. The van der Waals surface area contributed by atoms with Crippen molar-refractivity contribution in [2.24, 2.45) is 0 Å². The van der Waals surface area contributed by atoms with E-state index in [0.717, 1.165) is 24.6 Å². The number of amides is 1. The third kappa shape index (κ3) is 5.63. The number of aromatic nitrogens is 2. The summed E-state index contributed by atoms with van der Waals surface area (Å²) in [5.74, 6) is 0.301. The molecule has 0 aliphatic carbocycles. The molecule has 1 aliphatic heterocycles. The number of nitrogens with one attached hydrogen (secondary N) is 2. The molecule has 1 amide bonds. The van der Waals surface area contributed by atoms with Gasteiger partial charge in [0.25, 0.3) is 0 Å². The van der Waals surface area contributed by atoms with Crippen molar-refractivity contribution in [2.75, 3.05) is 24.8 Å². The summed E-state index contributed by atoms with van der Waals surface area (Å²) in [4.78, 5) is 20.1. The van der Waals surface area contributed by atoms with Gasteiger partial charge in [-0.1, -0.05) is 24.3 Å². The van der Waals surface area contributed by atoms with Gasteiger partial charge >= 0.3 is 6.09 Å². The molecule has 0 bridgehead atoms. The maximum atomic E-state index is 14.7. The number of anilines is 2. The summed E-state index contributed by atoms with van der Waals surface area (Å²) >= 11 is 0. The number of fused-ring (bicyclic) bond motifs is 1. The lowest BCUT2D eigenvalue weighted by Crippen LogP contribution is -2.31. The molecule has 10 heteroatoms. The average Bonchev–Trinajstić information content (AvgIpc) is 2.80. The minimum Gasteiger partial charge on any atom is -0.493 e.